The summed E-state index contributed by atoms with van der Waals surface area (Å²) in [5, 5.41) is 5.91. The summed E-state index contributed by atoms with van der Waals surface area (Å²) >= 11 is 0. The van der Waals surface area contributed by atoms with E-state index in [4.69, 9.17) is 0 Å². The van der Waals surface area contributed by atoms with Crippen molar-refractivity contribution < 1.29 is 9.59 Å². The van der Waals surface area contributed by atoms with Gasteiger partial charge in [0.25, 0.3) is 0 Å². The topological polar surface area (TPSA) is 58.2 Å². The fourth-order valence-electron chi connectivity index (χ4n) is 2.93. The fraction of sp³-hybridized carbons (Fsp3) is 0. The molecule has 1 amide bonds. The Morgan fingerprint density at radius 3 is 2.45 bits per heavy atom. The predicted molar refractivity (Wildman–Crippen MR) is 88.9 cm³/mol. The van der Waals surface area contributed by atoms with Gasteiger partial charge in [-0.15, -0.1) is 0 Å². The van der Waals surface area contributed by atoms with Crippen molar-refractivity contribution in [3.8, 4) is 0 Å². The molecule has 22 heavy (non-hydrogen) atoms. The second-order valence-corrected chi connectivity index (χ2v) is 5.18. The van der Waals surface area contributed by atoms with Crippen LogP contribution in [0.5, 0.6) is 0 Å². The van der Waals surface area contributed by atoms with Crippen LogP contribution in [0.25, 0.3) is 5.57 Å². The molecule has 2 N–H and O–H groups in total. The molecule has 0 radical (unpaired) electrons. The van der Waals surface area contributed by atoms with Gasteiger partial charge in [-0.2, -0.15) is 0 Å². The first-order valence-corrected chi connectivity index (χ1v) is 6.93. The Labute approximate surface area is 127 Å². The van der Waals surface area contributed by atoms with Crippen LogP contribution >= 0.6 is 0 Å². The number of benzene rings is 2. The van der Waals surface area contributed by atoms with Crippen LogP contribution in [-0.2, 0) is 4.79 Å². The van der Waals surface area contributed by atoms with E-state index in [1.165, 1.54) is 0 Å². The summed E-state index contributed by atoms with van der Waals surface area (Å²) in [5.74, 6) is -0.425. The predicted octanol–water partition coefficient (Wildman–Crippen LogP) is 1.42. The number of allylic oxidation sites excluding steroid dienone is 1. The van der Waals surface area contributed by atoms with Gasteiger partial charge in [0.15, 0.2) is 0 Å². The van der Waals surface area contributed by atoms with E-state index in [0.717, 1.165) is 16.7 Å². The number of Topliss-reactive ketones (excluding diaryl/α,β-unsaturated/α-hetero) is 1. The average molecular weight is 286 g/mol. The van der Waals surface area contributed by atoms with Crippen molar-refractivity contribution in [1.29, 1.82) is 0 Å². The van der Waals surface area contributed by atoms with Crippen LogP contribution in [-0.4, -0.2) is 25.1 Å². The number of rotatable bonds is 1. The maximum atomic E-state index is 12.6. The number of fused-ring (bicyclic) bond motifs is 2. The number of nitrogens with one attached hydrogen (secondary N) is 2. The molecule has 2 heterocycles. The SMILES string of the molecule is C=Bc1cccc2c1NC(=O)/C2=C1\Nc2ccccc2C1=O. The van der Waals surface area contributed by atoms with Gasteiger partial charge in [-0.3, -0.25) is 0 Å². The van der Waals surface area contributed by atoms with Crippen LogP contribution in [0, 0.1) is 0 Å². The number of amides is 1. The molecule has 0 saturated carbocycles. The molecule has 2 aromatic rings. The molecule has 2 aliphatic heterocycles. The molecule has 0 atom stereocenters. The van der Waals surface area contributed by atoms with Crippen LogP contribution in [0.4, 0.5) is 11.4 Å². The van der Waals surface area contributed by atoms with Crippen molar-refractivity contribution in [2.24, 2.45) is 0 Å². The van der Waals surface area contributed by atoms with Crippen LogP contribution in [0.2, 0.25) is 0 Å². The molecule has 4 nitrogen and oxygen atoms in total. The van der Waals surface area contributed by atoms with Crippen LogP contribution in [0.1, 0.15) is 15.9 Å². The first-order valence-electron chi connectivity index (χ1n) is 6.93. The molecular weight excluding hydrogens is 275 g/mol. The van der Waals surface area contributed by atoms with Crippen LogP contribution in [0.15, 0.2) is 48.2 Å². The third-order valence-electron chi connectivity index (χ3n) is 3.96. The molecule has 0 aromatic heterocycles. The molecule has 2 aromatic carbocycles. The Balaban J connectivity index is 1.94. The number of carbonyl (C=O) groups excluding carboxylic acids is 2. The van der Waals surface area contributed by atoms with E-state index >= 15 is 0 Å². The zero-order valence-corrected chi connectivity index (χ0v) is 11.6. The molecule has 0 fully saturated rings. The summed E-state index contributed by atoms with van der Waals surface area (Å²) in [7, 11) is 0. The monoisotopic (exact) mass is 286 g/mol. The second kappa shape index (κ2) is 4.53. The van der Waals surface area contributed by atoms with Crippen molar-refractivity contribution in [3.63, 3.8) is 0 Å². The molecule has 0 aliphatic carbocycles. The average Bonchev–Trinajstić information content (AvgIpc) is 3.04. The number of carbonyl (C=O) groups is 2. The maximum absolute atomic E-state index is 12.6. The normalized spacial score (nSPS) is 18.4. The molecule has 0 bridgehead atoms. The van der Waals surface area contributed by atoms with E-state index in [0.29, 0.717) is 22.5 Å². The standard InChI is InChI=1S/C17H11BN2O2/c1-18-11-7-4-6-10-13(17(22)20-14(10)11)15-16(21)9-5-2-3-8-12(9)19-15/h2-8,19H,1H2,(H,20,22)/b15-13-. The first-order chi connectivity index (χ1) is 10.7. The Bertz CT molecular complexity index is 899. The van der Waals surface area contributed by atoms with Crippen molar-refractivity contribution in [3.05, 3.63) is 59.3 Å². The summed E-state index contributed by atoms with van der Waals surface area (Å²) in [6, 6.07) is 12.8. The molecule has 104 valence electrons. The molecule has 5 heteroatoms. The van der Waals surface area contributed by atoms with Gasteiger partial charge in [0.05, 0.1) is 0 Å². The fourth-order valence-corrected chi connectivity index (χ4v) is 2.93. The zero-order chi connectivity index (χ0) is 15.3. The summed E-state index contributed by atoms with van der Waals surface area (Å²) in [6.07, 6.45) is 0. The van der Waals surface area contributed by atoms with Gasteiger partial charge in [-0.25, -0.2) is 0 Å². The number of hydrogen-bond acceptors (Lipinski definition) is 3. The molecule has 0 saturated heterocycles. The third kappa shape index (κ3) is 1.62. The molecule has 0 spiro atoms. The minimum atomic E-state index is -0.270. The van der Waals surface area contributed by atoms with Crippen molar-refractivity contribution >= 4 is 47.5 Å². The zero-order valence-electron chi connectivity index (χ0n) is 11.6. The van der Waals surface area contributed by atoms with E-state index < -0.39 is 0 Å². The van der Waals surface area contributed by atoms with Crippen molar-refractivity contribution in [2.75, 3.05) is 10.6 Å². The molecule has 4 rings (SSSR count). The molecule has 0 unspecified atom stereocenters. The van der Waals surface area contributed by atoms with E-state index in [9.17, 15) is 9.59 Å². The van der Waals surface area contributed by atoms with Crippen molar-refractivity contribution in [1.82, 2.24) is 0 Å². The number of ketones is 1. The molecular formula is C17H11BN2O2. The second-order valence-electron chi connectivity index (χ2n) is 5.18. The van der Waals surface area contributed by atoms with E-state index in [-0.39, 0.29) is 11.7 Å². The quantitative estimate of drug-likeness (QED) is 0.615. The Hall–Kier alpha value is -2.95. The summed E-state index contributed by atoms with van der Waals surface area (Å²) in [5.41, 5.74) is 4.31. The van der Waals surface area contributed by atoms with Crippen LogP contribution < -0.4 is 16.1 Å². The first kappa shape index (κ1) is 12.8. The van der Waals surface area contributed by atoms with E-state index in [2.05, 4.69) is 17.1 Å². The molecule has 2 aliphatic rings. The van der Waals surface area contributed by atoms with E-state index in [1.807, 2.05) is 36.4 Å². The summed E-state index contributed by atoms with van der Waals surface area (Å²) < 4.78 is 0. The van der Waals surface area contributed by atoms with Gasteiger partial charge in [0.2, 0.25) is 0 Å². The van der Waals surface area contributed by atoms with Crippen molar-refractivity contribution in [2.45, 2.75) is 0 Å². The van der Waals surface area contributed by atoms with E-state index in [1.54, 1.807) is 13.0 Å². The number of anilines is 2. The summed E-state index contributed by atoms with van der Waals surface area (Å²) in [6.45, 7) is 5.44. The Kier molecular flexibility index (Phi) is 2.63. The van der Waals surface area contributed by atoms with Gasteiger partial charge >= 0.3 is 127 Å². The van der Waals surface area contributed by atoms with Crippen LogP contribution in [0.3, 0.4) is 0 Å². The van der Waals surface area contributed by atoms with Gasteiger partial charge in [-0.1, -0.05) is 0 Å². The van der Waals surface area contributed by atoms with Gasteiger partial charge in [0, 0.05) is 0 Å². The minimum absolute atomic E-state index is 0.155. The van der Waals surface area contributed by atoms with Gasteiger partial charge in [-0.05, 0) is 0 Å². The Morgan fingerprint density at radius 2 is 1.68 bits per heavy atom. The summed E-state index contributed by atoms with van der Waals surface area (Å²) in [4.78, 5) is 25.0. The Morgan fingerprint density at radius 1 is 0.909 bits per heavy atom. The van der Waals surface area contributed by atoms with Gasteiger partial charge in [0.1, 0.15) is 0 Å². The third-order valence-corrected chi connectivity index (χ3v) is 3.96. The van der Waals surface area contributed by atoms with Gasteiger partial charge < -0.3 is 0 Å². The number of para-hydroxylation sites is 2. The number of hydrogen-bond donors (Lipinski definition) is 2.